The van der Waals surface area contributed by atoms with Gasteiger partial charge in [-0.15, -0.1) is 0 Å². The summed E-state index contributed by atoms with van der Waals surface area (Å²) < 4.78 is 1.73. The monoisotopic (exact) mass is 302 g/mol. The average molecular weight is 302 g/mol. The van der Waals surface area contributed by atoms with E-state index in [1.54, 1.807) is 4.68 Å². The molecule has 0 bridgehead atoms. The molecule has 0 radical (unpaired) electrons. The molecule has 2 aromatic heterocycles. The van der Waals surface area contributed by atoms with E-state index in [-0.39, 0.29) is 12.5 Å². The quantitative estimate of drug-likeness (QED) is 0.911. The second kappa shape index (κ2) is 5.68. The Kier molecular flexibility index (Phi) is 3.87. The zero-order valence-electron chi connectivity index (χ0n) is 13.3. The maximum atomic E-state index is 12.9. The van der Waals surface area contributed by atoms with E-state index in [0.29, 0.717) is 24.6 Å². The van der Waals surface area contributed by atoms with Crippen LogP contribution in [-0.2, 0) is 7.05 Å². The number of likely N-dealkylation sites (tertiary alicyclic amines) is 1. The minimum Gasteiger partial charge on any atom is -0.396 e. The highest BCUT2D eigenvalue weighted by Crippen LogP contribution is 2.25. The molecule has 0 aromatic carbocycles. The Morgan fingerprint density at radius 1 is 1.36 bits per heavy atom. The van der Waals surface area contributed by atoms with Crippen molar-refractivity contribution in [3.05, 3.63) is 23.0 Å². The fraction of sp³-hybridized carbons (Fsp3) is 0.562. The maximum absolute atomic E-state index is 12.9. The van der Waals surface area contributed by atoms with E-state index in [0.717, 1.165) is 35.3 Å². The molecule has 1 fully saturated rings. The third-order valence-electron chi connectivity index (χ3n) is 4.49. The average Bonchev–Trinajstić information content (AvgIpc) is 2.80. The molecule has 22 heavy (non-hydrogen) atoms. The van der Waals surface area contributed by atoms with Gasteiger partial charge >= 0.3 is 0 Å². The molecule has 0 spiro atoms. The van der Waals surface area contributed by atoms with Gasteiger partial charge in [-0.05, 0) is 38.7 Å². The summed E-state index contributed by atoms with van der Waals surface area (Å²) in [6, 6.07) is 1.86. The van der Waals surface area contributed by atoms with E-state index in [9.17, 15) is 9.90 Å². The highest BCUT2D eigenvalue weighted by Gasteiger charge is 2.26. The molecular weight excluding hydrogens is 280 g/mol. The third kappa shape index (κ3) is 2.47. The number of fused-ring (bicyclic) bond motifs is 1. The number of hydrogen-bond acceptors (Lipinski definition) is 4. The van der Waals surface area contributed by atoms with Crippen LogP contribution in [0, 0.1) is 19.8 Å². The van der Waals surface area contributed by atoms with Crippen LogP contribution in [0.15, 0.2) is 6.07 Å². The van der Waals surface area contributed by atoms with Crippen molar-refractivity contribution >= 4 is 16.9 Å². The van der Waals surface area contributed by atoms with Crippen LogP contribution in [0.1, 0.15) is 34.6 Å². The molecule has 2 aromatic rings. The van der Waals surface area contributed by atoms with Gasteiger partial charge in [0.05, 0.1) is 16.6 Å². The standard InChI is InChI=1S/C16H22N4O2/c1-10-8-13(14-11(2)18-19(3)15(14)17-10)16(22)20-6-4-12(9-21)5-7-20/h8,12,21H,4-7,9H2,1-3H3. The number of rotatable bonds is 2. The van der Waals surface area contributed by atoms with E-state index in [1.165, 1.54) is 0 Å². The van der Waals surface area contributed by atoms with Gasteiger partial charge in [-0.3, -0.25) is 9.48 Å². The molecule has 6 nitrogen and oxygen atoms in total. The summed E-state index contributed by atoms with van der Waals surface area (Å²) >= 11 is 0. The third-order valence-corrected chi connectivity index (χ3v) is 4.49. The molecule has 1 saturated heterocycles. The first kappa shape index (κ1) is 15.0. The number of aliphatic hydroxyl groups is 1. The lowest BCUT2D eigenvalue weighted by Gasteiger charge is -2.31. The van der Waals surface area contributed by atoms with Crippen LogP contribution in [0.2, 0.25) is 0 Å². The van der Waals surface area contributed by atoms with Crippen LogP contribution >= 0.6 is 0 Å². The highest BCUT2D eigenvalue weighted by molar-refractivity contribution is 6.06. The molecule has 3 heterocycles. The smallest absolute Gasteiger partial charge is 0.254 e. The van der Waals surface area contributed by atoms with E-state index < -0.39 is 0 Å². The number of nitrogens with zero attached hydrogens (tertiary/aromatic N) is 4. The van der Waals surface area contributed by atoms with Crippen LogP contribution in [-0.4, -0.2) is 50.4 Å². The van der Waals surface area contributed by atoms with Crippen LogP contribution in [0.4, 0.5) is 0 Å². The molecule has 1 aliphatic heterocycles. The number of carbonyl (C=O) groups excluding carboxylic acids is 1. The van der Waals surface area contributed by atoms with Crippen molar-refractivity contribution < 1.29 is 9.90 Å². The second-order valence-electron chi connectivity index (χ2n) is 6.14. The first-order valence-electron chi connectivity index (χ1n) is 7.72. The van der Waals surface area contributed by atoms with Crippen molar-refractivity contribution in [3.8, 4) is 0 Å². The fourth-order valence-electron chi connectivity index (χ4n) is 3.23. The molecule has 118 valence electrons. The van der Waals surface area contributed by atoms with Gasteiger partial charge in [0, 0.05) is 32.4 Å². The Morgan fingerprint density at radius 3 is 2.68 bits per heavy atom. The summed E-state index contributed by atoms with van der Waals surface area (Å²) in [6.45, 7) is 5.42. The summed E-state index contributed by atoms with van der Waals surface area (Å²) in [5.41, 5.74) is 3.10. The number of amides is 1. The molecule has 3 rings (SSSR count). The fourth-order valence-corrected chi connectivity index (χ4v) is 3.23. The molecular formula is C16H22N4O2. The summed E-state index contributed by atoms with van der Waals surface area (Å²) in [7, 11) is 1.85. The summed E-state index contributed by atoms with van der Waals surface area (Å²) in [5, 5.41) is 14.5. The van der Waals surface area contributed by atoms with E-state index in [1.807, 2.05) is 31.9 Å². The summed E-state index contributed by atoms with van der Waals surface area (Å²) in [4.78, 5) is 19.3. The van der Waals surface area contributed by atoms with Gasteiger partial charge in [-0.25, -0.2) is 4.98 Å². The normalized spacial score (nSPS) is 16.5. The Hall–Kier alpha value is -1.95. The zero-order valence-corrected chi connectivity index (χ0v) is 13.3. The van der Waals surface area contributed by atoms with Gasteiger partial charge in [-0.2, -0.15) is 5.10 Å². The Bertz CT molecular complexity index is 714. The Labute approximate surface area is 129 Å². The number of pyridine rings is 1. The lowest BCUT2D eigenvalue weighted by molar-refractivity contribution is 0.0652. The maximum Gasteiger partial charge on any atom is 0.254 e. The van der Waals surface area contributed by atoms with Crippen molar-refractivity contribution in [2.45, 2.75) is 26.7 Å². The van der Waals surface area contributed by atoms with Gasteiger partial charge < -0.3 is 10.0 Å². The number of aryl methyl sites for hydroxylation is 3. The number of hydrogen-bond donors (Lipinski definition) is 1. The zero-order chi connectivity index (χ0) is 15.9. The molecule has 0 unspecified atom stereocenters. The minimum absolute atomic E-state index is 0.0444. The number of aromatic nitrogens is 3. The van der Waals surface area contributed by atoms with Crippen molar-refractivity contribution in [1.29, 1.82) is 0 Å². The molecule has 0 saturated carbocycles. The van der Waals surface area contributed by atoms with Gasteiger partial charge in [-0.1, -0.05) is 0 Å². The topological polar surface area (TPSA) is 71.2 Å². The van der Waals surface area contributed by atoms with Crippen LogP contribution in [0.5, 0.6) is 0 Å². The van der Waals surface area contributed by atoms with Gasteiger partial charge in [0.2, 0.25) is 0 Å². The highest BCUT2D eigenvalue weighted by atomic mass is 16.3. The Morgan fingerprint density at radius 2 is 2.05 bits per heavy atom. The van der Waals surface area contributed by atoms with Crippen molar-refractivity contribution in [2.75, 3.05) is 19.7 Å². The molecule has 0 atom stereocenters. The van der Waals surface area contributed by atoms with Crippen molar-refractivity contribution in [1.82, 2.24) is 19.7 Å². The summed E-state index contributed by atoms with van der Waals surface area (Å²) in [5.74, 6) is 0.367. The summed E-state index contributed by atoms with van der Waals surface area (Å²) in [6.07, 6.45) is 1.73. The second-order valence-corrected chi connectivity index (χ2v) is 6.14. The van der Waals surface area contributed by atoms with Crippen LogP contribution < -0.4 is 0 Å². The van der Waals surface area contributed by atoms with Crippen LogP contribution in [0.25, 0.3) is 11.0 Å². The molecule has 1 N–H and O–H groups in total. The van der Waals surface area contributed by atoms with Gasteiger partial charge in [0.25, 0.3) is 5.91 Å². The Balaban J connectivity index is 1.98. The van der Waals surface area contributed by atoms with Crippen molar-refractivity contribution in [2.24, 2.45) is 13.0 Å². The van der Waals surface area contributed by atoms with Crippen molar-refractivity contribution in [3.63, 3.8) is 0 Å². The molecule has 0 aliphatic carbocycles. The SMILES string of the molecule is Cc1cc(C(=O)N2CCC(CO)CC2)c2c(C)nn(C)c2n1. The lowest BCUT2D eigenvalue weighted by atomic mass is 9.97. The van der Waals surface area contributed by atoms with Crippen LogP contribution in [0.3, 0.4) is 0 Å². The predicted octanol–water partition coefficient (Wildman–Crippen LogP) is 1.43. The first-order valence-corrected chi connectivity index (χ1v) is 7.72. The number of piperidine rings is 1. The minimum atomic E-state index is 0.0444. The molecule has 6 heteroatoms. The van der Waals surface area contributed by atoms with E-state index >= 15 is 0 Å². The number of carbonyl (C=O) groups is 1. The predicted molar refractivity (Wildman–Crippen MR) is 83.7 cm³/mol. The molecule has 1 aliphatic rings. The van der Waals surface area contributed by atoms with Gasteiger partial charge in [0.15, 0.2) is 5.65 Å². The first-order chi connectivity index (χ1) is 10.5. The van der Waals surface area contributed by atoms with E-state index in [2.05, 4.69) is 10.1 Å². The van der Waals surface area contributed by atoms with Gasteiger partial charge in [0.1, 0.15) is 0 Å². The lowest BCUT2D eigenvalue weighted by Crippen LogP contribution is -2.39. The molecule has 1 amide bonds. The largest absolute Gasteiger partial charge is 0.396 e. The number of aliphatic hydroxyl groups excluding tert-OH is 1. The van der Waals surface area contributed by atoms with E-state index in [4.69, 9.17) is 0 Å².